The molecule has 0 radical (unpaired) electrons. The van der Waals surface area contributed by atoms with Crippen LogP contribution in [0, 0.1) is 20.2 Å². The van der Waals surface area contributed by atoms with E-state index in [0.29, 0.717) is 36.8 Å². The van der Waals surface area contributed by atoms with Gasteiger partial charge < -0.3 is 0 Å². The van der Waals surface area contributed by atoms with Crippen LogP contribution in [0.15, 0.2) is 60.7 Å². The number of carbonyl (C=O) groups excluding carboxylic acids is 1. The summed E-state index contributed by atoms with van der Waals surface area (Å²) in [5, 5.41) is 22.6. The van der Waals surface area contributed by atoms with Crippen molar-refractivity contribution in [3.63, 3.8) is 0 Å². The second-order valence-electron chi connectivity index (χ2n) is 6.75. The molecular weight excluding hydrogens is 360 g/mol. The van der Waals surface area contributed by atoms with E-state index in [2.05, 4.69) is 0 Å². The number of Topliss-reactive ketones (excluding diaryl/α,β-unsaturated/α-hetero) is 1. The Morgan fingerprint density at radius 1 is 0.714 bits per heavy atom. The van der Waals surface area contributed by atoms with Gasteiger partial charge in [-0.15, -0.1) is 0 Å². The molecule has 0 saturated heterocycles. The number of carbonyl (C=O) groups is 1. The Bertz CT molecular complexity index is 714. The number of nitro groups is 2. The Hall–Kier alpha value is -3.09. The number of benzene rings is 2. The Balaban J connectivity index is 1.76. The second kappa shape index (κ2) is 10.9. The molecule has 148 valence electrons. The van der Waals surface area contributed by atoms with Gasteiger partial charge in [-0.1, -0.05) is 60.7 Å². The van der Waals surface area contributed by atoms with Crippen molar-refractivity contribution in [3.05, 3.63) is 92.0 Å². The van der Waals surface area contributed by atoms with Crippen molar-refractivity contribution in [1.29, 1.82) is 0 Å². The predicted octanol–water partition coefficient (Wildman–Crippen LogP) is 4.93. The number of nitrogens with zero attached hydrogens (tertiary/aromatic N) is 2. The molecule has 7 heteroatoms. The quantitative estimate of drug-likeness (QED) is 0.381. The lowest BCUT2D eigenvalue weighted by Gasteiger charge is -2.10. The lowest BCUT2D eigenvalue weighted by molar-refractivity contribution is -0.530. The standard InChI is InChI=1S/C21H24N2O5/c24-19(13-7-15-20(22(25)26)17-9-3-1-4-10-17)14-8-16-21(23(27)28)18-11-5-2-6-12-18/h1-6,9-12,20-21H,7-8,13-16H2. The van der Waals surface area contributed by atoms with Gasteiger partial charge >= 0.3 is 0 Å². The highest BCUT2D eigenvalue weighted by Gasteiger charge is 2.24. The first-order chi connectivity index (χ1) is 13.5. The molecule has 2 atom stereocenters. The van der Waals surface area contributed by atoms with Crippen molar-refractivity contribution in [2.24, 2.45) is 0 Å². The topological polar surface area (TPSA) is 103 Å². The summed E-state index contributed by atoms with van der Waals surface area (Å²) in [5.74, 6) is -0.00896. The molecule has 2 aromatic carbocycles. The molecular formula is C21H24N2O5. The number of hydrogen-bond donors (Lipinski definition) is 0. The number of ketones is 1. The Morgan fingerprint density at radius 3 is 1.39 bits per heavy atom. The molecule has 0 amide bonds. The SMILES string of the molecule is O=C(CCCC(c1ccccc1)[N+](=O)[O-])CCCC(c1ccccc1)[N+](=O)[O-]. The lowest BCUT2D eigenvalue weighted by Crippen LogP contribution is -2.12. The molecule has 28 heavy (non-hydrogen) atoms. The van der Waals surface area contributed by atoms with Gasteiger partial charge in [-0.2, -0.15) is 0 Å². The summed E-state index contributed by atoms with van der Waals surface area (Å²) in [7, 11) is 0. The Labute approximate surface area is 163 Å². The third-order valence-electron chi connectivity index (χ3n) is 4.74. The maximum Gasteiger partial charge on any atom is 0.238 e. The van der Waals surface area contributed by atoms with Crippen LogP contribution in [0.1, 0.15) is 61.7 Å². The van der Waals surface area contributed by atoms with E-state index in [1.54, 1.807) is 60.7 Å². The van der Waals surface area contributed by atoms with E-state index < -0.39 is 12.1 Å². The number of hydrogen-bond acceptors (Lipinski definition) is 5. The van der Waals surface area contributed by atoms with Crippen molar-refractivity contribution in [1.82, 2.24) is 0 Å². The van der Waals surface area contributed by atoms with Crippen LogP contribution in [-0.4, -0.2) is 15.6 Å². The molecule has 0 saturated carbocycles. The van der Waals surface area contributed by atoms with Gasteiger partial charge in [-0.25, -0.2) is 0 Å². The van der Waals surface area contributed by atoms with E-state index in [-0.39, 0.29) is 28.5 Å². The lowest BCUT2D eigenvalue weighted by atomic mass is 9.98. The molecule has 2 rings (SSSR count). The van der Waals surface area contributed by atoms with Crippen LogP contribution in [-0.2, 0) is 4.79 Å². The van der Waals surface area contributed by atoms with Gasteiger partial charge in [0.05, 0.1) is 0 Å². The molecule has 0 aliphatic heterocycles. The molecule has 0 aromatic heterocycles. The fraction of sp³-hybridized carbons (Fsp3) is 0.381. The summed E-state index contributed by atoms with van der Waals surface area (Å²) in [6, 6.07) is 15.9. The normalized spacial score (nSPS) is 12.9. The fourth-order valence-corrected chi connectivity index (χ4v) is 3.25. The van der Waals surface area contributed by atoms with Crippen LogP contribution in [0.2, 0.25) is 0 Å². The van der Waals surface area contributed by atoms with Crippen molar-refractivity contribution >= 4 is 5.78 Å². The summed E-state index contributed by atoms with van der Waals surface area (Å²) in [5.41, 5.74) is 1.27. The highest BCUT2D eigenvalue weighted by atomic mass is 16.6. The van der Waals surface area contributed by atoms with E-state index in [1.165, 1.54) is 0 Å². The van der Waals surface area contributed by atoms with E-state index >= 15 is 0 Å². The van der Waals surface area contributed by atoms with Gasteiger partial charge in [0.15, 0.2) is 0 Å². The molecule has 0 spiro atoms. The fourth-order valence-electron chi connectivity index (χ4n) is 3.25. The highest BCUT2D eigenvalue weighted by Crippen LogP contribution is 2.24. The molecule has 0 aliphatic rings. The second-order valence-corrected chi connectivity index (χ2v) is 6.75. The summed E-state index contributed by atoms with van der Waals surface area (Å²) >= 11 is 0. The zero-order valence-electron chi connectivity index (χ0n) is 15.6. The third-order valence-corrected chi connectivity index (χ3v) is 4.74. The largest absolute Gasteiger partial charge is 0.300 e. The van der Waals surface area contributed by atoms with Crippen molar-refractivity contribution in [3.8, 4) is 0 Å². The molecule has 0 bridgehead atoms. The minimum Gasteiger partial charge on any atom is -0.300 e. The smallest absolute Gasteiger partial charge is 0.238 e. The molecule has 0 fully saturated rings. The molecule has 0 N–H and O–H groups in total. The summed E-state index contributed by atoms with van der Waals surface area (Å²) in [6.07, 6.45) is 1.96. The molecule has 0 heterocycles. The summed E-state index contributed by atoms with van der Waals surface area (Å²) in [4.78, 5) is 34.0. The van der Waals surface area contributed by atoms with Crippen molar-refractivity contribution in [2.45, 2.75) is 50.6 Å². The summed E-state index contributed by atoms with van der Waals surface area (Å²) in [6.45, 7) is 0. The van der Waals surface area contributed by atoms with Crippen molar-refractivity contribution < 1.29 is 14.6 Å². The van der Waals surface area contributed by atoms with E-state index in [9.17, 15) is 25.0 Å². The third kappa shape index (κ3) is 6.57. The van der Waals surface area contributed by atoms with Gasteiger partial charge in [0.1, 0.15) is 5.78 Å². The van der Waals surface area contributed by atoms with Crippen LogP contribution >= 0.6 is 0 Å². The van der Waals surface area contributed by atoms with E-state index in [1.807, 2.05) is 0 Å². The van der Waals surface area contributed by atoms with E-state index in [0.717, 1.165) is 0 Å². The van der Waals surface area contributed by atoms with Gasteiger partial charge in [0.25, 0.3) is 0 Å². The molecule has 2 aromatic rings. The van der Waals surface area contributed by atoms with Gasteiger partial charge in [-0.3, -0.25) is 25.0 Å². The minimum atomic E-state index is -0.814. The van der Waals surface area contributed by atoms with Crippen LogP contribution in [0.4, 0.5) is 0 Å². The average Bonchev–Trinajstić information content (AvgIpc) is 2.69. The minimum absolute atomic E-state index is 0.00896. The van der Waals surface area contributed by atoms with Crippen LogP contribution in [0.3, 0.4) is 0 Å². The van der Waals surface area contributed by atoms with Crippen LogP contribution in [0.5, 0.6) is 0 Å². The first kappa shape index (κ1) is 21.2. The Morgan fingerprint density at radius 2 is 1.07 bits per heavy atom. The first-order valence-electron chi connectivity index (χ1n) is 9.37. The first-order valence-corrected chi connectivity index (χ1v) is 9.37. The maximum absolute atomic E-state index is 12.1. The number of rotatable bonds is 12. The monoisotopic (exact) mass is 384 g/mol. The van der Waals surface area contributed by atoms with Crippen LogP contribution < -0.4 is 0 Å². The Kier molecular flexibility index (Phi) is 8.27. The predicted molar refractivity (Wildman–Crippen MR) is 105 cm³/mol. The zero-order valence-corrected chi connectivity index (χ0v) is 15.6. The van der Waals surface area contributed by atoms with Gasteiger partial charge in [0.2, 0.25) is 12.1 Å². The van der Waals surface area contributed by atoms with Crippen LogP contribution in [0.25, 0.3) is 0 Å². The van der Waals surface area contributed by atoms with Gasteiger partial charge in [0, 0.05) is 46.7 Å². The molecule has 7 nitrogen and oxygen atoms in total. The van der Waals surface area contributed by atoms with E-state index in [4.69, 9.17) is 0 Å². The zero-order chi connectivity index (χ0) is 20.4. The average molecular weight is 384 g/mol. The molecule has 2 unspecified atom stereocenters. The van der Waals surface area contributed by atoms with Crippen molar-refractivity contribution in [2.75, 3.05) is 0 Å². The highest BCUT2D eigenvalue weighted by molar-refractivity contribution is 5.78. The molecule has 0 aliphatic carbocycles. The van der Waals surface area contributed by atoms with Gasteiger partial charge in [-0.05, 0) is 12.8 Å². The summed E-state index contributed by atoms with van der Waals surface area (Å²) < 4.78 is 0. The maximum atomic E-state index is 12.1.